The smallest absolute Gasteiger partial charge is 0.271 e. The number of benzene rings is 1. The molecule has 24 heavy (non-hydrogen) atoms. The molecule has 1 aromatic heterocycles. The predicted octanol–water partition coefficient (Wildman–Crippen LogP) is 1.73. The molecule has 130 valence electrons. The topological polar surface area (TPSA) is 115 Å². The monoisotopic (exact) mass is 372 g/mol. The van der Waals surface area contributed by atoms with Crippen LogP contribution in [0.25, 0.3) is 11.0 Å². The van der Waals surface area contributed by atoms with Gasteiger partial charge in [0.15, 0.2) is 14.9 Å². The van der Waals surface area contributed by atoms with Crippen LogP contribution in [0.1, 0.15) is 12.8 Å². The lowest BCUT2D eigenvalue weighted by atomic mass is 10.0. The van der Waals surface area contributed by atoms with Crippen molar-refractivity contribution in [3.05, 3.63) is 34.5 Å². The summed E-state index contributed by atoms with van der Waals surface area (Å²) in [6.45, 7) is 1.61. The zero-order valence-corrected chi connectivity index (χ0v) is 14.3. The molecule has 1 unspecified atom stereocenters. The van der Waals surface area contributed by atoms with Gasteiger partial charge in [-0.2, -0.15) is 0 Å². The summed E-state index contributed by atoms with van der Waals surface area (Å²) in [7, 11) is -3.53. The number of nitrogens with zero attached hydrogens (tertiary/aromatic N) is 3. The molecule has 0 bridgehead atoms. The van der Waals surface area contributed by atoms with Gasteiger partial charge in [0.2, 0.25) is 0 Å². The van der Waals surface area contributed by atoms with Crippen LogP contribution in [0.15, 0.2) is 29.4 Å². The lowest BCUT2D eigenvalue weighted by Gasteiger charge is -2.22. The van der Waals surface area contributed by atoms with E-state index in [9.17, 15) is 18.5 Å². The molecule has 0 saturated carbocycles. The Hall–Kier alpha value is -1.84. The summed E-state index contributed by atoms with van der Waals surface area (Å²) in [5.41, 5.74) is 0.534. The minimum atomic E-state index is -3.53. The minimum absolute atomic E-state index is 0. The Morgan fingerprint density at radius 1 is 1.33 bits per heavy atom. The lowest BCUT2D eigenvalue weighted by Crippen LogP contribution is -2.34. The number of nitrogens with one attached hydrogen (secondary N) is 1. The minimum Gasteiger partial charge on any atom is -0.316 e. The molecule has 3 rings (SSSR count). The first-order valence-electron chi connectivity index (χ1n) is 7.30. The molecule has 8 nitrogen and oxygen atoms in total. The molecule has 0 aliphatic carbocycles. The van der Waals surface area contributed by atoms with E-state index in [1.807, 2.05) is 0 Å². The van der Waals surface area contributed by atoms with E-state index in [4.69, 9.17) is 0 Å². The molecule has 10 heteroatoms. The fourth-order valence-electron chi connectivity index (χ4n) is 2.71. The third-order valence-electron chi connectivity index (χ3n) is 3.89. The molecule has 1 aromatic carbocycles. The summed E-state index contributed by atoms with van der Waals surface area (Å²) in [5.74, 6) is 0.107. The average molecular weight is 373 g/mol. The first-order chi connectivity index (χ1) is 11.0. The highest BCUT2D eigenvalue weighted by Gasteiger charge is 2.24. The molecule has 1 fully saturated rings. The Kier molecular flexibility index (Phi) is 5.68. The summed E-state index contributed by atoms with van der Waals surface area (Å²) in [5, 5.41) is 13.9. The van der Waals surface area contributed by atoms with Crippen LogP contribution in [0.4, 0.5) is 5.69 Å². The Balaban J connectivity index is 0.00000208. The van der Waals surface area contributed by atoms with Crippen LogP contribution >= 0.6 is 12.4 Å². The summed E-state index contributed by atoms with van der Waals surface area (Å²) in [6.07, 6.45) is 3.02. The summed E-state index contributed by atoms with van der Waals surface area (Å²) in [6, 6.07) is 3.99. The van der Waals surface area contributed by atoms with E-state index in [0.29, 0.717) is 17.6 Å². The maximum atomic E-state index is 12.5. The third kappa shape index (κ3) is 3.97. The second-order valence-corrected chi connectivity index (χ2v) is 7.61. The highest BCUT2D eigenvalue weighted by atomic mass is 35.5. The zero-order chi connectivity index (χ0) is 16.4. The molecule has 2 aromatic rings. The number of hydrogen-bond donors (Lipinski definition) is 1. The molecule has 1 N–H and O–H groups in total. The molecule has 2 heterocycles. The van der Waals surface area contributed by atoms with E-state index < -0.39 is 14.8 Å². The number of halogens is 1. The summed E-state index contributed by atoms with van der Waals surface area (Å²) < 4.78 is 25.0. The van der Waals surface area contributed by atoms with Crippen LogP contribution in [0, 0.1) is 16.0 Å². The van der Waals surface area contributed by atoms with Gasteiger partial charge in [0, 0.05) is 12.1 Å². The number of rotatable bonds is 4. The van der Waals surface area contributed by atoms with Gasteiger partial charge in [0.05, 0.1) is 27.9 Å². The highest BCUT2D eigenvalue weighted by molar-refractivity contribution is 7.91. The van der Waals surface area contributed by atoms with Gasteiger partial charge in [-0.25, -0.2) is 13.4 Å². The zero-order valence-electron chi connectivity index (χ0n) is 12.7. The standard InChI is InChI=1S/C14H16N4O4S.ClH/c19-18(20)11-3-4-12-13(6-11)16-8-14(17-12)23(21,22)9-10-2-1-5-15-7-10;/h3-4,6,8,10,15H,1-2,5,7,9H2;1H. The van der Waals surface area contributed by atoms with Crippen LogP contribution in [-0.2, 0) is 9.84 Å². The van der Waals surface area contributed by atoms with Crippen molar-refractivity contribution in [3.8, 4) is 0 Å². The average Bonchev–Trinajstić information content (AvgIpc) is 2.54. The number of non-ortho nitro benzene ring substituents is 1. The van der Waals surface area contributed by atoms with Crippen molar-refractivity contribution < 1.29 is 13.3 Å². The van der Waals surface area contributed by atoms with Gasteiger partial charge in [0.25, 0.3) is 5.69 Å². The van der Waals surface area contributed by atoms with E-state index in [-0.39, 0.29) is 34.8 Å². The van der Waals surface area contributed by atoms with E-state index in [1.54, 1.807) is 0 Å². The van der Waals surface area contributed by atoms with E-state index in [0.717, 1.165) is 19.4 Å². The Labute approximate surface area is 145 Å². The predicted molar refractivity (Wildman–Crippen MR) is 91.1 cm³/mol. The summed E-state index contributed by atoms with van der Waals surface area (Å²) >= 11 is 0. The molecule has 0 radical (unpaired) electrons. The Bertz CT molecular complexity index is 853. The van der Waals surface area contributed by atoms with Crippen LogP contribution in [-0.4, -0.2) is 42.2 Å². The number of piperidine rings is 1. The SMILES string of the molecule is Cl.O=[N+]([O-])c1ccc2nc(S(=O)(=O)CC3CCCNC3)cnc2c1. The van der Waals surface area contributed by atoms with Gasteiger partial charge in [-0.05, 0) is 37.9 Å². The summed E-state index contributed by atoms with van der Waals surface area (Å²) in [4.78, 5) is 18.4. The molecule has 1 saturated heterocycles. The molecular formula is C14H17ClN4O4S. The van der Waals surface area contributed by atoms with Crippen molar-refractivity contribution in [1.82, 2.24) is 15.3 Å². The number of sulfone groups is 1. The fraction of sp³-hybridized carbons (Fsp3) is 0.429. The van der Waals surface area contributed by atoms with Gasteiger partial charge in [0.1, 0.15) is 0 Å². The molecule has 0 amide bonds. The molecule has 1 aliphatic heterocycles. The quantitative estimate of drug-likeness (QED) is 0.641. The van der Waals surface area contributed by atoms with Gasteiger partial charge in [-0.3, -0.25) is 15.1 Å². The number of nitro groups is 1. The van der Waals surface area contributed by atoms with Crippen LogP contribution in [0.2, 0.25) is 0 Å². The maximum Gasteiger partial charge on any atom is 0.271 e. The maximum absolute atomic E-state index is 12.5. The first kappa shape index (κ1) is 18.5. The Morgan fingerprint density at radius 3 is 2.79 bits per heavy atom. The molecule has 1 aliphatic rings. The van der Waals surface area contributed by atoms with Crippen molar-refractivity contribution in [2.75, 3.05) is 18.8 Å². The van der Waals surface area contributed by atoms with Gasteiger partial charge in [-0.1, -0.05) is 0 Å². The number of fused-ring (bicyclic) bond motifs is 1. The van der Waals surface area contributed by atoms with Crippen molar-refractivity contribution in [1.29, 1.82) is 0 Å². The molecule has 0 spiro atoms. The highest BCUT2D eigenvalue weighted by Crippen LogP contribution is 2.21. The van der Waals surface area contributed by atoms with Crippen molar-refractivity contribution in [2.45, 2.75) is 17.9 Å². The van der Waals surface area contributed by atoms with E-state index >= 15 is 0 Å². The Morgan fingerprint density at radius 2 is 2.12 bits per heavy atom. The third-order valence-corrected chi connectivity index (χ3v) is 5.63. The van der Waals surface area contributed by atoms with Gasteiger partial charge < -0.3 is 5.32 Å². The van der Waals surface area contributed by atoms with E-state index in [2.05, 4.69) is 15.3 Å². The van der Waals surface area contributed by atoms with Crippen LogP contribution in [0.5, 0.6) is 0 Å². The van der Waals surface area contributed by atoms with Crippen molar-refractivity contribution in [3.63, 3.8) is 0 Å². The van der Waals surface area contributed by atoms with Crippen molar-refractivity contribution in [2.24, 2.45) is 5.92 Å². The second kappa shape index (κ2) is 7.37. The lowest BCUT2D eigenvalue weighted by molar-refractivity contribution is -0.384. The molecular weight excluding hydrogens is 356 g/mol. The second-order valence-electron chi connectivity index (χ2n) is 5.63. The number of nitro benzene ring substituents is 1. The first-order valence-corrected chi connectivity index (χ1v) is 8.95. The van der Waals surface area contributed by atoms with Crippen LogP contribution in [0.3, 0.4) is 0 Å². The number of hydrogen-bond acceptors (Lipinski definition) is 7. The molecule has 1 atom stereocenters. The fourth-order valence-corrected chi connectivity index (χ4v) is 4.23. The van der Waals surface area contributed by atoms with Crippen molar-refractivity contribution >= 4 is 39.0 Å². The normalized spacial score (nSPS) is 18.1. The van der Waals surface area contributed by atoms with Gasteiger partial charge >= 0.3 is 0 Å². The van der Waals surface area contributed by atoms with E-state index in [1.165, 1.54) is 24.4 Å². The van der Waals surface area contributed by atoms with Gasteiger partial charge in [-0.15, -0.1) is 12.4 Å². The largest absolute Gasteiger partial charge is 0.316 e. The number of aromatic nitrogens is 2. The van der Waals surface area contributed by atoms with Crippen LogP contribution < -0.4 is 5.32 Å².